The van der Waals surface area contributed by atoms with Crippen LogP contribution in [0.15, 0.2) is 0 Å². The zero-order chi connectivity index (χ0) is 13.7. The van der Waals surface area contributed by atoms with Crippen LogP contribution in [0.4, 0.5) is 4.79 Å². The van der Waals surface area contributed by atoms with E-state index in [0.717, 1.165) is 45.6 Å². The van der Waals surface area contributed by atoms with Crippen molar-refractivity contribution in [3.05, 3.63) is 0 Å². The Bertz CT molecular complexity index is 284. The van der Waals surface area contributed by atoms with Crippen LogP contribution in [0.3, 0.4) is 0 Å². The number of piperidine rings is 1. The first-order valence-corrected chi connectivity index (χ1v) is 7.46. The monoisotopic (exact) mass is 270 g/mol. The summed E-state index contributed by atoms with van der Waals surface area (Å²) in [5, 5.41) is 3.69. The molecule has 2 atom stereocenters. The van der Waals surface area contributed by atoms with Gasteiger partial charge in [-0.3, -0.25) is 0 Å². The molecule has 0 aromatic carbocycles. The smallest absolute Gasteiger partial charge is 0.409 e. The quantitative estimate of drug-likeness (QED) is 0.843. The van der Waals surface area contributed by atoms with Gasteiger partial charge in [-0.2, -0.15) is 0 Å². The summed E-state index contributed by atoms with van der Waals surface area (Å²) in [6.45, 7) is 7.92. The van der Waals surface area contributed by atoms with Crippen molar-refractivity contribution in [2.24, 2.45) is 5.92 Å². The van der Waals surface area contributed by atoms with Gasteiger partial charge in [-0.15, -0.1) is 0 Å². The van der Waals surface area contributed by atoms with Gasteiger partial charge in [0.25, 0.3) is 0 Å². The standard InChI is InChI=1S/C14H26N2O3/c1-3-19-14(17)16-7-4-13(5-8-16)15-11(2)12-6-9-18-10-12/h11-13,15H,3-10H2,1-2H3. The van der Waals surface area contributed by atoms with Crippen molar-refractivity contribution in [2.45, 2.75) is 45.2 Å². The number of carbonyl (C=O) groups is 1. The first-order valence-electron chi connectivity index (χ1n) is 7.46. The summed E-state index contributed by atoms with van der Waals surface area (Å²) in [6, 6.07) is 1.02. The van der Waals surface area contributed by atoms with E-state index in [1.807, 2.05) is 11.8 Å². The largest absolute Gasteiger partial charge is 0.450 e. The molecule has 0 aliphatic carbocycles. The highest BCUT2D eigenvalue weighted by Crippen LogP contribution is 2.19. The third-order valence-corrected chi connectivity index (χ3v) is 4.19. The molecule has 0 aromatic rings. The molecule has 0 radical (unpaired) electrons. The van der Waals surface area contributed by atoms with Gasteiger partial charge >= 0.3 is 6.09 Å². The van der Waals surface area contributed by atoms with Gasteiger partial charge in [0.2, 0.25) is 0 Å². The topological polar surface area (TPSA) is 50.8 Å². The molecule has 110 valence electrons. The second-order valence-electron chi connectivity index (χ2n) is 5.54. The van der Waals surface area contributed by atoms with Crippen molar-refractivity contribution in [3.63, 3.8) is 0 Å². The average Bonchev–Trinajstić information content (AvgIpc) is 2.94. The van der Waals surface area contributed by atoms with Crippen LogP contribution in [-0.4, -0.2) is 56.0 Å². The van der Waals surface area contributed by atoms with Gasteiger partial charge in [0, 0.05) is 31.8 Å². The minimum absolute atomic E-state index is 0.168. The lowest BCUT2D eigenvalue weighted by Crippen LogP contribution is -2.49. The maximum Gasteiger partial charge on any atom is 0.409 e. The number of hydrogen-bond acceptors (Lipinski definition) is 4. The van der Waals surface area contributed by atoms with Crippen molar-refractivity contribution in [1.29, 1.82) is 0 Å². The molecule has 2 aliphatic heterocycles. The van der Waals surface area contributed by atoms with Crippen LogP contribution in [0.5, 0.6) is 0 Å². The zero-order valence-electron chi connectivity index (χ0n) is 12.1. The van der Waals surface area contributed by atoms with Gasteiger partial charge in [0.15, 0.2) is 0 Å². The molecule has 2 saturated heterocycles. The summed E-state index contributed by atoms with van der Waals surface area (Å²) in [5.74, 6) is 0.642. The van der Waals surface area contributed by atoms with E-state index in [9.17, 15) is 4.79 Å². The molecule has 0 saturated carbocycles. The van der Waals surface area contributed by atoms with Crippen LogP contribution in [0.2, 0.25) is 0 Å². The highest BCUT2D eigenvalue weighted by atomic mass is 16.6. The summed E-state index contributed by atoms with van der Waals surface area (Å²) >= 11 is 0. The van der Waals surface area contributed by atoms with Crippen molar-refractivity contribution >= 4 is 6.09 Å². The molecule has 2 unspecified atom stereocenters. The van der Waals surface area contributed by atoms with Crippen LogP contribution in [-0.2, 0) is 9.47 Å². The molecule has 0 bridgehead atoms. The Morgan fingerprint density at radius 1 is 1.42 bits per heavy atom. The number of rotatable bonds is 4. The molecule has 2 aliphatic rings. The summed E-state index contributed by atoms with van der Waals surface area (Å²) in [7, 11) is 0. The molecule has 0 aromatic heterocycles. The Balaban J connectivity index is 1.69. The minimum atomic E-state index is -0.168. The molecule has 2 rings (SSSR count). The SMILES string of the molecule is CCOC(=O)N1CCC(NC(C)C2CCOC2)CC1. The maximum absolute atomic E-state index is 11.6. The summed E-state index contributed by atoms with van der Waals surface area (Å²) in [4.78, 5) is 13.4. The number of ether oxygens (including phenoxy) is 2. The van der Waals surface area contributed by atoms with Crippen LogP contribution < -0.4 is 5.32 Å². The van der Waals surface area contributed by atoms with Crippen LogP contribution in [0.25, 0.3) is 0 Å². The molecule has 5 heteroatoms. The Morgan fingerprint density at radius 2 is 2.16 bits per heavy atom. The summed E-state index contributed by atoms with van der Waals surface area (Å²) in [6.07, 6.45) is 3.02. The molecule has 0 spiro atoms. The molecule has 2 fully saturated rings. The normalized spacial score (nSPS) is 26.4. The van der Waals surface area contributed by atoms with Crippen LogP contribution in [0, 0.1) is 5.92 Å². The van der Waals surface area contributed by atoms with Gasteiger partial charge in [-0.25, -0.2) is 4.79 Å². The predicted molar refractivity (Wildman–Crippen MR) is 73.1 cm³/mol. The van der Waals surface area contributed by atoms with Crippen molar-refractivity contribution in [1.82, 2.24) is 10.2 Å². The van der Waals surface area contributed by atoms with Crippen molar-refractivity contribution in [2.75, 3.05) is 32.9 Å². The predicted octanol–water partition coefficient (Wildman–Crippen LogP) is 1.62. The molecule has 2 heterocycles. The Labute approximate surface area is 115 Å². The zero-order valence-corrected chi connectivity index (χ0v) is 12.1. The molecular formula is C14H26N2O3. The summed E-state index contributed by atoms with van der Waals surface area (Å²) < 4.78 is 10.5. The van der Waals surface area contributed by atoms with E-state index in [0.29, 0.717) is 24.6 Å². The maximum atomic E-state index is 11.6. The molecule has 5 nitrogen and oxygen atoms in total. The molecule has 1 amide bonds. The Hall–Kier alpha value is -0.810. The first-order chi connectivity index (χ1) is 9.20. The van der Waals surface area contributed by atoms with Gasteiger partial charge in [0.1, 0.15) is 0 Å². The fourth-order valence-corrected chi connectivity index (χ4v) is 2.90. The number of nitrogens with one attached hydrogen (secondary N) is 1. The van der Waals surface area contributed by atoms with Gasteiger partial charge < -0.3 is 19.7 Å². The Kier molecular flexibility index (Phi) is 5.45. The fraction of sp³-hybridized carbons (Fsp3) is 0.929. The van der Waals surface area contributed by atoms with E-state index >= 15 is 0 Å². The number of nitrogens with zero attached hydrogens (tertiary/aromatic N) is 1. The first kappa shape index (κ1) is 14.6. The van der Waals surface area contributed by atoms with Crippen LogP contribution >= 0.6 is 0 Å². The molecular weight excluding hydrogens is 244 g/mol. The van der Waals surface area contributed by atoms with E-state index in [4.69, 9.17) is 9.47 Å². The highest BCUT2D eigenvalue weighted by molar-refractivity contribution is 5.67. The van der Waals surface area contributed by atoms with Gasteiger partial charge in [0.05, 0.1) is 13.2 Å². The fourth-order valence-electron chi connectivity index (χ4n) is 2.90. The number of amides is 1. The highest BCUT2D eigenvalue weighted by Gasteiger charge is 2.27. The van der Waals surface area contributed by atoms with Crippen molar-refractivity contribution < 1.29 is 14.3 Å². The van der Waals surface area contributed by atoms with E-state index in [-0.39, 0.29) is 6.09 Å². The van der Waals surface area contributed by atoms with Crippen LogP contribution in [0.1, 0.15) is 33.1 Å². The summed E-state index contributed by atoms with van der Waals surface area (Å²) in [5.41, 5.74) is 0. The number of carbonyl (C=O) groups excluding carboxylic acids is 1. The second kappa shape index (κ2) is 7.10. The lowest BCUT2D eigenvalue weighted by atomic mass is 9.97. The lowest BCUT2D eigenvalue weighted by Gasteiger charge is -2.34. The minimum Gasteiger partial charge on any atom is -0.450 e. The van der Waals surface area contributed by atoms with E-state index < -0.39 is 0 Å². The van der Waals surface area contributed by atoms with E-state index in [1.54, 1.807) is 0 Å². The van der Waals surface area contributed by atoms with Gasteiger partial charge in [-0.1, -0.05) is 0 Å². The molecule has 1 N–H and O–H groups in total. The molecule has 19 heavy (non-hydrogen) atoms. The number of hydrogen-bond donors (Lipinski definition) is 1. The van der Waals surface area contributed by atoms with E-state index in [2.05, 4.69) is 12.2 Å². The number of likely N-dealkylation sites (tertiary alicyclic amines) is 1. The van der Waals surface area contributed by atoms with Crippen molar-refractivity contribution in [3.8, 4) is 0 Å². The van der Waals surface area contributed by atoms with Gasteiger partial charge in [-0.05, 0) is 39.0 Å². The third-order valence-electron chi connectivity index (χ3n) is 4.19. The average molecular weight is 270 g/mol. The van der Waals surface area contributed by atoms with E-state index in [1.165, 1.54) is 0 Å². The third kappa shape index (κ3) is 4.08. The Morgan fingerprint density at radius 3 is 2.74 bits per heavy atom. The lowest BCUT2D eigenvalue weighted by molar-refractivity contribution is 0.0932. The second-order valence-corrected chi connectivity index (χ2v) is 5.54.